The molecule has 0 atom stereocenters. The zero-order valence-electron chi connectivity index (χ0n) is 9.33. The molecule has 16 heavy (non-hydrogen) atoms. The minimum Gasteiger partial charge on any atom is -0.388 e. The number of pyridine rings is 1. The lowest BCUT2D eigenvalue weighted by molar-refractivity contribution is 0.262. The van der Waals surface area contributed by atoms with Gasteiger partial charge in [0.2, 0.25) is 0 Å². The largest absolute Gasteiger partial charge is 0.388 e. The third-order valence-corrected chi connectivity index (χ3v) is 2.36. The quantitative estimate of drug-likeness (QED) is 0.846. The Labute approximate surface area is 93.8 Å². The number of hydrogen-bond acceptors (Lipinski definition) is 4. The number of aliphatic hydroxyl groups is 1. The number of hydrogen-bond donors (Lipinski definition) is 1. The fourth-order valence-corrected chi connectivity index (χ4v) is 1.67. The van der Waals surface area contributed by atoms with Gasteiger partial charge in [0.1, 0.15) is 6.61 Å². The lowest BCUT2D eigenvalue weighted by Crippen LogP contribution is -2.08. The van der Waals surface area contributed by atoms with Crippen molar-refractivity contribution in [1.29, 1.82) is 0 Å². The van der Waals surface area contributed by atoms with Crippen LogP contribution in [0.2, 0.25) is 0 Å². The van der Waals surface area contributed by atoms with Gasteiger partial charge in [0.25, 0.3) is 0 Å². The summed E-state index contributed by atoms with van der Waals surface area (Å²) in [6.45, 7) is 3.97. The lowest BCUT2D eigenvalue weighted by atomic mass is 10.2. The molecule has 2 heterocycles. The predicted octanol–water partition coefficient (Wildman–Crippen LogP) is 1.41. The summed E-state index contributed by atoms with van der Waals surface area (Å²) in [4.78, 5) is 3.97. The summed E-state index contributed by atoms with van der Waals surface area (Å²) in [5.41, 5.74) is 0.955. The van der Waals surface area contributed by atoms with Gasteiger partial charge in [-0.05, 0) is 26.0 Å². The van der Waals surface area contributed by atoms with Gasteiger partial charge in [-0.15, -0.1) is 10.2 Å². The number of aromatic nitrogens is 4. The van der Waals surface area contributed by atoms with E-state index >= 15 is 0 Å². The Kier molecular flexibility index (Phi) is 2.96. The Morgan fingerprint density at radius 3 is 2.50 bits per heavy atom. The topological polar surface area (TPSA) is 63.8 Å². The van der Waals surface area contributed by atoms with Crippen LogP contribution in [-0.2, 0) is 6.61 Å². The van der Waals surface area contributed by atoms with Crippen LogP contribution >= 0.6 is 0 Å². The maximum absolute atomic E-state index is 9.19. The van der Waals surface area contributed by atoms with E-state index in [-0.39, 0.29) is 12.6 Å². The molecule has 5 heteroatoms. The van der Waals surface area contributed by atoms with Crippen molar-refractivity contribution in [3.63, 3.8) is 0 Å². The summed E-state index contributed by atoms with van der Waals surface area (Å²) >= 11 is 0. The van der Waals surface area contributed by atoms with Crippen LogP contribution in [-0.4, -0.2) is 24.9 Å². The molecule has 0 aromatic carbocycles. The molecule has 0 amide bonds. The number of nitrogens with zero attached hydrogens (tertiary/aromatic N) is 4. The first-order valence-corrected chi connectivity index (χ1v) is 5.19. The van der Waals surface area contributed by atoms with E-state index in [0.29, 0.717) is 5.82 Å². The highest BCUT2D eigenvalue weighted by molar-refractivity contribution is 5.54. The third-order valence-electron chi connectivity index (χ3n) is 2.36. The molecule has 0 spiro atoms. The minimum atomic E-state index is -0.101. The van der Waals surface area contributed by atoms with Crippen LogP contribution in [0.15, 0.2) is 24.5 Å². The summed E-state index contributed by atoms with van der Waals surface area (Å²) in [5, 5.41) is 17.3. The van der Waals surface area contributed by atoms with Crippen molar-refractivity contribution in [3.8, 4) is 11.4 Å². The highest BCUT2D eigenvalue weighted by atomic mass is 16.3. The highest BCUT2D eigenvalue weighted by Crippen LogP contribution is 2.21. The van der Waals surface area contributed by atoms with Crippen LogP contribution in [0.1, 0.15) is 25.7 Å². The summed E-state index contributed by atoms with van der Waals surface area (Å²) in [6, 6.07) is 3.97. The monoisotopic (exact) mass is 218 g/mol. The first-order valence-electron chi connectivity index (χ1n) is 5.19. The Bertz CT molecular complexity index is 464. The molecule has 0 aliphatic rings. The fraction of sp³-hybridized carbons (Fsp3) is 0.364. The molecule has 2 rings (SSSR count). The van der Waals surface area contributed by atoms with Crippen LogP contribution in [0, 0.1) is 0 Å². The molecule has 0 aliphatic heterocycles. The Morgan fingerprint density at radius 1 is 1.25 bits per heavy atom. The normalized spacial score (nSPS) is 11.0. The Morgan fingerprint density at radius 2 is 1.94 bits per heavy atom. The SMILES string of the molecule is CC(C)n1c(CO)nnc1-c1ccncc1. The van der Waals surface area contributed by atoms with Crippen molar-refractivity contribution in [2.75, 3.05) is 0 Å². The predicted molar refractivity (Wildman–Crippen MR) is 59.6 cm³/mol. The zero-order chi connectivity index (χ0) is 11.5. The van der Waals surface area contributed by atoms with Crippen molar-refractivity contribution in [3.05, 3.63) is 30.4 Å². The average Bonchev–Trinajstić information content (AvgIpc) is 2.73. The Hall–Kier alpha value is -1.75. The maximum atomic E-state index is 9.19. The highest BCUT2D eigenvalue weighted by Gasteiger charge is 2.14. The summed E-state index contributed by atoms with van der Waals surface area (Å²) < 4.78 is 1.93. The van der Waals surface area contributed by atoms with Gasteiger partial charge in [0.15, 0.2) is 11.6 Å². The van der Waals surface area contributed by atoms with E-state index in [1.54, 1.807) is 12.4 Å². The zero-order valence-corrected chi connectivity index (χ0v) is 9.33. The molecule has 0 saturated carbocycles. The lowest BCUT2D eigenvalue weighted by Gasteiger charge is -2.12. The molecule has 1 N–H and O–H groups in total. The Balaban J connectivity index is 2.53. The van der Waals surface area contributed by atoms with Crippen molar-refractivity contribution in [2.45, 2.75) is 26.5 Å². The van der Waals surface area contributed by atoms with E-state index in [0.717, 1.165) is 11.4 Å². The van der Waals surface area contributed by atoms with E-state index in [2.05, 4.69) is 15.2 Å². The maximum Gasteiger partial charge on any atom is 0.164 e. The standard InChI is InChI=1S/C11H14N4O/c1-8(2)15-10(7-16)13-14-11(15)9-3-5-12-6-4-9/h3-6,8,16H,7H2,1-2H3. The minimum absolute atomic E-state index is 0.101. The number of aliphatic hydroxyl groups excluding tert-OH is 1. The molecule has 0 unspecified atom stereocenters. The molecule has 84 valence electrons. The van der Waals surface area contributed by atoms with Gasteiger partial charge in [-0.1, -0.05) is 0 Å². The molecule has 2 aromatic heterocycles. The fourth-order valence-electron chi connectivity index (χ4n) is 1.67. The van der Waals surface area contributed by atoms with Crippen LogP contribution in [0.25, 0.3) is 11.4 Å². The number of rotatable bonds is 3. The van der Waals surface area contributed by atoms with Gasteiger partial charge in [-0.3, -0.25) is 4.98 Å². The second-order valence-corrected chi connectivity index (χ2v) is 3.80. The average molecular weight is 218 g/mol. The van der Waals surface area contributed by atoms with Crippen molar-refractivity contribution in [2.24, 2.45) is 0 Å². The van der Waals surface area contributed by atoms with Crippen LogP contribution < -0.4 is 0 Å². The van der Waals surface area contributed by atoms with E-state index in [9.17, 15) is 5.11 Å². The van der Waals surface area contributed by atoms with Crippen molar-refractivity contribution < 1.29 is 5.11 Å². The molecule has 2 aromatic rings. The molecule has 0 saturated heterocycles. The van der Waals surface area contributed by atoms with Gasteiger partial charge in [0.05, 0.1) is 0 Å². The second kappa shape index (κ2) is 4.40. The smallest absolute Gasteiger partial charge is 0.164 e. The molecule has 0 fully saturated rings. The van der Waals surface area contributed by atoms with E-state index < -0.39 is 0 Å². The first-order chi connectivity index (χ1) is 7.74. The third kappa shape index (κ3) is 1.81. The van der Waals surface area contributed by atoms with Crippen LogP contribution in [0.4, 0.5) is 0 Å². The van der Waals surface area contributed by atoms with E-state index in [1.165, 1.54) is 0 Å². The van der Waals surface area contributed by atoms with Gasteiger partial charge in [0, 0.05) is 24.0 Å². The van der Waals surface area contributed by atoms with Crippen LogP contribution in [0.5, 0.6) is 0 Å². The summed E-state index contributed by atoms with van der Waals surface area (Å²) in [6.07, 6.45) is 3.43. The summed E-state index contributed by atoms with van der Waals surface area (Å²) in [7, 11) is 0. The molecular weight excluding hydrogens is 204 g/mol. The van der Waals surface area contributed by atoms with Gasteiger partial charge < -0.3 is 9.67 Å². The van der Waals surface area contributed by atoms with Gasteiger partial charge in [-0.25, -0.2) is 0 Å². The van der Waals surface area contributed by atoms with Gasteiger partial charge >= 0.3 is 0 Å². The first kappa shape index (κ1) is 10.8. The van der Waals surface area contributed by atoms with E-state index in [4.69, 9.17) is 0 Å². The van der Waals surface area contributed by atoms with Crippen molar-refractivity contribution >= 4 is 0 Å². The molecule has 0 bridgehead atoms. The molecular formula is C11H14N4O. The van der Waals surface area contributed by atoms with Gasteiger partial charge in [-0.2, -0.15) is 0 Å². The second-order valence-electron chi connectivity index (χ2n) is 3.80. The molecule has 5 nitrogen and oxygen atoms in total. The van der Waals surface area contributed by atoms with Crippen LogP contribution in [0.3, 0.4) is 0 Å². The summed E-state index contributed by atoms with van der Waals surface area (Å²) in [5.74, 6) is 1.35. The van der Waals surface area contributed by atoms with E-state index in [1.807, 2.05) is 30.5 Å². The molecule has 0 aliphatic carbocycles. The van der Waals surface area contributed by atoms with Crippen molar-refractivity contribution in [1.82, 2.24) is 19.7 Å². The molecule has 0 radical (unpaired) electrons.